The highest BCUT2D eigenvalue weighted by Crippen LogP contribution is 2.08. The van der Waals surface area contributed by atoms with Crippen LogP contribution in [0.1, 0.15) is 19.8 Å². The van der Waals surface area contributed by atoms with Crippen LogP contribution in [-0.4, -0.2) is 45.4 Å². The minimum Gasteiger partial charge on any atom is -0.481 e. The zero-order valence-corrected chi connectivity index (χ0v) is 10.6. The quantitative estimate of drug-likeness (QED) is 0.660. The molecular formula is C10H18N2O4S. The SMILES string of the molecule is CC(CNC(=O)NC1CCS(=O)CC1)C(=O)O. The molecule has 1 aliphatic heterocycles. The van der Waals surface area contributed by atoms with Crippen LogP contribution in [0.4, 0.5) is 4.79 Å². The summed E-state index contributed by atoms with van der Waals surface area (Å²) in [4.78, 5) is 22.0. The van der Waals surface area contributed by atoms with Gasteiger partial charge in [-0.15, -0.1) is 0 Å². The van der Waals surface area contributed by atoms with Crippen LogP contribution in [0.25, 0.3) is 0 Å². The molecule has 0 radical (unpaired) electrons. The van der Waals surface area contributed by atoms with Gasteiger partial charge in [0.05, 0.1) is 5.92 Å². The minimum atomic E-state index is -0.932. The number of amides is 2. The van der Waals surface area contributed by atoms with Gasteiger partial charge < -0.3 is 15.7 Å². The van der Waals surface area contributed by atoms with E-state index in [1.165, 1.54) is 6.92 Å². The third kappa shape index (κ3) is 5.16. The lowest BCUT2D eigenvalue weighted by Gasteiger charge is -2.22. The molecular weight excluding hydrogens is 244 g/mol. The Hall–Kier alpha value is -1.11. The number of aliphatic carboxylic acids is 1. The molecule has 2 amide bonds. The largest absolute Gasteiger partial charge is 0.481 e. The zero-order valence-electron chi connectivity index (χ0n) is 9.77. The molecule has 0 aromatic heterocycles. The van der Waals surface area contributed by atoms with Gasteiger partial charge in [0.1, 0.15) is 0 Å². The Kier molecular flexibility index (Phi) is 5.40. The van der Waals surface area contributed by atoms with Gasteiger partial charge in [-0.05, 0) is 12.8 Å². The summed E-state index contributed by atoms with van der Waals surface area (Å²) in [6.45, 7) is 1.65. The van der Waals surface area contributed by atoms with Crippen molar-refractivity contribution in [2.24, 2.45) is 5.92 Å². The van der Waals surface area contributed by atoms with Gasteiger partial charge in [0.15, 0.2) is 0 Å². The molecule has 0 aromatic rings. The second-order valence-corrected chi connectivity index (χ2v) is 5.91. The normalized spacial score (nSPS) is 25.9. The van der Waals surface area contributed by atoms with Crippen molar-refractivity contribution in [1.82, 2.24) is 10.6 Å². The summed E-state index contributed by atoms with van der Waals surface area (Å²) >= 11 is 0. The fourth-order valence-electron chi connectivity index (χ4n) is 1.51. The predicted octanol–water partition coefficient (Wildman–Crippen LogP) is -0.0826. The Balaban J connectivity index is 2.21. The molecule has 98 valence electrons. The van der Waals surface area contributed by atoms with E-state index in [4.69, 9.17) is 5.11 Å². The van der Waals surface area contributed by atoms with Gasteiger partial charge in [-0.3, -0.25) is 9.00 Å². The maximum atomic E-state index is 11.4. The molecule has 0 aromatic carbocycles. The zero-order chi connectivity index (χ0) is 12.8. The highest BCUT2D eigenvalue weighted by molar-refractivity contribution is 7.85. The molecule has 6 nitrogen and oxygen atoms in total. The Labute approximate surface area is 103 Å². The van der Waals surface area contributed by atoms with E-state index in [0.717, 1.165) is 0 Å². The predicted molar refractivity (Wildman–Crippen MR) is 64.2 cm³/mol. The van der Waals surface area contributed by atoms with Crippen molar-refractivity contribution in [3.8, 4) is 0 Å². The van der Waals surface area contributed by atoms with E-state index in [0.29, 0.717) is 24.3 Å². The molecule has 1 fully saturated rings. The Morgan fingerprint density at radius 1 is 1.41 bits per heavy atom. The second-order valence-electron chi connectivity index (χ2n) is 4.22. The number of nitrogens with one attached hydrogen (secondary N) is 2. The van der Waals surface area contributed by atoms with Gasteiger partial charge in [0, 0.05) is 34.9 Å². The fourth-order valence-corrected chi connectivity index (χ4v) is 2.81. The third-order valence-corrected chi connectivity index (χ3v) is 4.10. The van der Waals surface area contributed by atoms with Crippen molar-refractivity contribution in [2.75, 3.05) is 18.1 Å². The molecule has 3 N–H and O–H groups in total. The first-order valence-electron chi connectivity index (χ1n) is 5.61. The van der Waals surface area contributed by atoms with Gasteiger partial charge in [-0.1, -0.05) is 6.92 Å². The van der Waals surface area contributed by atoms with Crippen LogP contribution in [0.15, 0.2) is 0 Å². The van der Waals surface area contributed by atoms with E-state index < -0.39 is 22.7 Å². The molecule has 0 bridgehead atoms. The van der Waals surface area contributed by atoms with Crippen molar-refractivity contribution in [1.29, 1.82) is 0 Å². The van der Waals surface area contributed by atoms with Crippen molar-refractivity contribution >= 4 is 22.8 Å². The average Bonchev–Trinajstić information content (AvgIpc) is 2.29. The topological polar surface area (TPSA) is 95.5 Å². The fraction of sp³-hybridized carbons (Fsp3) is 0.800. The van der Waals surface area contributed by atoms with Crippen molar-refractivity contribution in [3.63, 3.8) is 0 Å². The Bertz CT molecular complexity index is 311. The summed E-state index contributed by atoms with van der Waals surface area (Å²) in [5, 5.41) is 13.9. The number of rotatable bonds is 4. The van der Waals surface area contributed by atoms with Crippen LogP contribution < -0.4 is 10.6 Å². The number of urea groups is 1. The smallest absolute Gasteiger partial charge is 0.315 e. The number of carbonyl (C=O) groups is 2. The molecule has 0 aliphatic carbocycles. The molecule has 0 saturated carbocycles. The van der Waals surface area contributed by atoms with Crippen molar-refractivity contribution < 1.29 is 18.9 Å². The molecule has 7 heteroatoms. The lowest BCUT2D eigenvalue weighted by atomic mass is 10.1. The maximum absolute atomic E-state index is 11.4. The van der Waals surface area contributed by atoms with Crippen LogP contribution >= 0.6 is 0 Å². The van der Waals surface area contributed by atoms with E-state index in [1.54, 1.807) is 0 Å². The summed E-state index contributed by atoms with van der Waals surface area (Å²) in [5.41, 5.74) is 0. The third-order valence-electron chi connectivity index (χ3n) is 2.71. The average molecular weight is 262 g/mol. The summed E-state index contributed by atoms with van der Waals surface area (Å²) in [6.07, 6.45) is 1.43. The molecule has 1 rings (SSSR count). The highest BCUT2D eigenvalue weighted by atomic mass is 32.2. The molecule has 1 atom stereocenters. The van der Waals surface area contributed by atoms with Crippen LogP contribution in [-0.2, 0) is 15.6 Å². The monoisotopic (exact) mass is 262 g/mol. The lowest BCUT2D eigenvalue weighted by molar-refractivity contribution is -0.140. The van der Waals surface area contributed by atoms with Crippen LogP contribution in [0.5, 0.6) is 0 Å². The van der Waals surface area contributed by atoms with Gasteiger partial charge in [0.2, 0.25) is 0 Å². The van der Waals surface area contributed by atoms with Crippen LogP contribution in [0.3, 0.4) is 0 Å². The lowest BCUT2D eigenvalue weighted by Crippen LogP contribution is -2.46. The van der Waals surface area contributed by atoms with Gasteiger partial charge in [0.25, 0.3) is 0 Å². The Morgan fingerprint density at radius 3 is 2.53 bits per heavy atom. The van der Waals surface area contributed by atoms with Crippen molar-refractivity contribution in [2.45, 2.75) is 25.8 Å². The van der Waals surface area contributed by atoms with E-state index in [1.807, 2.05) is 0 Å². The van der Waals surface area contributed by atoms with E-state index >= 15 is 0 Å². The van der Waals surface area contributed by atoms with Crippen molar-refractivity contribution in [3.05, 3.63) is 0 Å². The van der Waals surface area contributed by atoms with E-state index in [2.05, 4.69) is 10.6 Å². The molecule has 17 heavy (non-hydrogen) atoms. The van der Waals surface area contributed by atoms with Crippen LogP contribution in [0, 0.1) is 5.92 Å². The molecule has 1 unspecified atom stereocenters. The summed E-state index contributed by atoms with van der Waals surface area (Å²) in [6, 6.07) is -0.302. The van der Waals surface area contributed by atoms with Crippen LogP contribution in [0.2, 0.25) is 0 Å². The first-order valence-corrected chi connectivity index (χ1v) is 7.10. The summed E-state index contributed by atoms with van der Waals surface area (Å²) < 4.78 is 11.1. The highest BCUT2D eigenvalue weighted by Gasteiger charge is 2.20. The molecule has 0 spiro atoms. The standard InChI is InChI=1S/C10H18N2O4S/c1-7(9(13)14)6-11-10(15)12-8-2-4-17(16)5-3-8/h7-8H,2-6H2,1H3,(H,13,14)(H2,11,12,15). The van der Waals surface area contributed by atoms with Gasteiger partial charge >= 0.3 is 12.0 Å². The number of carboxylic acids is 1. The number of hydrogen-bond donors (Lipinski definition) is 3. The maximum Gasteiger partial charge on any atom is 0.315 e. The number of carbonyl (C=O) groups excluding carboxylic acids is 1. The van der Waals surface area contributed by atoms with Gasteiger partial charge in [-0.2, -0.15) is 0 Å². The van der Waals surface area contributed by atoms with E-state index in [9.17, 15) is 13.8 Å². The first kappa shape index (κ1) is 14.0. The second kappa shape index (κ2) is 6.58. The number of carboxylic acid groups (broad SMARTS) is 1. The Morgan fingerprint density at radius 2 is 2.00 bits per heavy atom. The molecule has 1 saturated heterocycles. The minimum absolute atomic E-state index is 0.0489. The first-order chi connectivity index (χ1) is 7.99. The summed E-state index contributed by atoms with van der Waals surface area (Å²) in [7, 11) is -0.742. The number of hydrogen-bond acceptors (Lipinski definition) is 3. The van der Waals surface area contributed by atoms with Gasteiger partial charge in [-0.25, -0.2) is 4.79 Å². The molecule has 1 heterocycles. The molecule has 1 aliphatic rings. The van der Waals surface area contributed by atoms with E-state index in [-0.39, 0.29) is 18.6 Å². The summed E-state index contributed by atoms with van der Waals surface area (Å²) in [5.74, 6) is -0.287.